The molecule has 86 valence electrons. The van der Waals surface area contributed by atoms with Crippen LogP contribution < -0.4 is 0 Å². The summed E-state index contributed by atoms with van der Waals surface area (Å²) >= 11 is 0. The van der Waals surface area contributed by atoms with Gasteiger partial charge < -0.3 is 0 Å². The van der Waals surface area contributed by atoms with Crippen molar-refractivity contribution < 1.29 is 9.63 Å². The van der Waals surface area contributed by atoms with Crippen molar-refractivity contribution in [2.24, 2.45) is 0 Å². The van der Waals surface area contributed by atoms with E-state index in [4.69, 9.17) is 4.84 Å². The smallest absolute Gasteiger partial charge is 0.271 e. The molecular formula is C13H12N2O2. The zero-order chi connectivity index (χ0) is 11.7. The van der Waals surface area contributed by atoms with E-state index < -0.39 is 0 Å². The van der Waals surface area contributed by atoms with Crippen molar-refractivity contribution >= 4 is 16.7 Å². The summed E-state index contributed by atoms with van der Waals surface area (Å²) in [4.78, 5) is 21.6. The van der Waals surface area contributed by atoms with Gasteiger partial charge in [-0.3, -0.25) is 14.6 Å². The summed E-state index contributed by atoms with van der Waals surface area (Å²) in [6.07, 6.45) is 2.54. The number of hydrogen-bond donors (Lipinski definition) is 0. The summed E-state index contributed by atoms with van der Waals surface area (Å²) in [7, 11) is 0. The van der Waals surface area contributed by atoms with Gasteiger partial charge in [0, 0.05) is 11.6 Å². The van der Waals surface area contributed by atoms with Crippen LogP contribution >= 0.6 is 0 Å². The molecule has 1 fully saturated rings. The first-order valence-electron chi connectivity index (χ1n) is 5.65. The molecule has 17 heavy (non-hydrogen) atoms. The number of rotatable bonds is 1. The van der Waals surface area contributed by atoms with Crippen LogP contribution in [0.5, 0.6) is 0 Å². The van der Waals surface area contributed by atoms with Gasteiger partial charge in [0.15, 0.2) is 0 Å². The summed E-state index contributed by atoms with van der Waals surface area (Å²) in [5.74, 6) is -0.153. The summed E-state index contributed by atoms with van der Waals surface area (Å²) in [5, 5.41) is 3.29. The zero-order valence-electron chi connectivity index (χ0n) is 9.30. The van der Waals surface area contributed by atoms with E-state index in [0.29, 0.717) is 18.8 Å². The molecule has 0 saturated carbocycles. The van der Waals surface area contributed by atoms with Crippen LogP contribution in [0.2, 0.25) is 0 Å². The Morgan fingerprint density at radius 2 is 2.18 bits per heavy atom. The monoisotopic (exact) mass is 228 g/mol. The molecule has 3 rings (SSSR count). The number of aromatic nitrogens is 1. The van der Waals surface area contributed by atoms with Gasteiger partial charge in [0.1, 0.15) is 5.69 Å². The van der Waals surface area contributed by atoms with Crippen LogP contribution in [0.3, 0.4) is 0 Å². The summed E-state index contributed by atoms with van der Waals surface area (Å²) in [6, 6.07) is 9.63. The molecular weight excluding hydrogens is 216 g/mol. The molecule has 4 nitrogen and oxygen atoms in total. The Balaban J connectivity index is 2.07. The molecule has 1 aliphatic heterocycles. The third-order valence-electron chi connectivity index (χ3n) is 2.86. The SMILES string of the molecule is O=C(c1nccc2ccccc12)N1CCCO1. The molecule has 0 spiro atoms. The van der Waals surface area contributed by atoms with Gasteiger partial charge in [-0.1, -0.05) is 24.3 Å². The fourth-order valence-corrected chi connectivity index (χ4v) is 2.02. The molecule has 2 aromatic rings. The summed E-state index contributed by atoms with van der Waals surface area (Å²) in [5.41, 5.74) is 0.463. The number of pyridine rings is 1. The highest BCUT2D eigenvalue weighted by Gasteiger charge is 2.23. The van der Waals surface area contributed by atoms with Crippen LogP contribution in [-0.4, -0.2) is 29.1 Å². The molecule has 0 bridgehead atoms. The first kappa shape index (κ1) is 10.2. The lowest BCUT2D eigenvalue weighted by atomic mass is 10.1. The van der Waals surface area contributed by atoms with Crippen molar-refractivity contribution in [3.05, 3.63) is 42.2 Å². The molecule has 0 aliphatic carbocycles. The van der Waals surface area contributed by atoms with Gasteiger partial charge >= 0.3 is 0 Å². The highest BCUT2D eigenvalue weighted by atomic mass is 16.7. The first-order chi connectivity index (χ1) is 8.36. The quantitative estimate of drug-likeness (QED) is 0.749. The molecule has 4 heteroatoms. The Hall–Kier alpha value is -1.94. The molecule has 1 aromatic carbocycles. The number of benzene rings is 1. The van der Waals surface area contributed by atoms with E-state index >= 15 is 0 Å². The van der Waals surface area contributed by atoms with Crippen LogP contribution in [0.1, 0.15) is 16.9 Å². The van der Waals surface area contributed by atoms with E-state index in [1.54, 1.807) is 6.20 Å². The van der Waals surface area contributed by atoms with Crippen molar-refractivity contribution in [3.63, 3.8) is 0 Å². The number of nitrogens with zero attached hydrogens (tertiary/aromatic N) is 2. The first-order valence-corrected chi connectivity index (χ1v) is 5.65. The highest BCUT2D eigenvalue weighted by Crippen LogP contribution is 2.19. The maximum atomic E-state index is 12.2. The molecule has 0 unspecified atom stereocenters. The predicted molar refractivity (Wildman–Crippen MR) is 63.3 cm³/mol. The second-order valence-electron chi connectivity index (χ2n) is 3.97. The third-order valence-corrected chi connectivity index (χ3v) is 2.86. The number of hydrogen-bond acceptors (Lipinski definition) is 3. The Labute approximate surface area is 98.8 Å². The summed E-state index contributed by atoms with van der Waals surface area (Å²) in [6.45, 7) is 1.25. The Morgan fingerprint density at radius 3 is 3.00 bits per heavy atom. The van der Waals surface area contributed by atoms with E-state index in [1.165, 1.54) is 5.06 Å². The maximum absolute atomic E-state index is 12.2. The predicted octanol–water partition coefficient (Wildman–Crippen LogP) is 2.01. The van der Waals surface area contributed by atoms with Gasteiger partial charge in [-0.2, -0.15) is 0 Å². The molecule has 1 amide bonds. The fourth-order valence-electron chi connectivity index (χ4n) is 2.02. The van der Waals surface area contributed by atoms with E-state index in [2.05, 4.69) is 4.98 Å². The Kier molecular flexibility index (Phi) is 2.49. The number of carbonyl (C=O) groups is 1. The number of fused-ring (bicyclic) bond motifs is 1. The van der Waals surface area contributed by atoms with Crippen LogP contribution in [-0.2, 0) is 4.84 Å². The van der Waals surface area contributed by atoms with Crippen LogP contribution in [0.25, 0.3) is 10.8 Å². The largest absolute Gasteiger partial charge is 0.296 e. The number of amides is 1. The average Bonchev–Trinajstić information content (AvgIpc) is 2.91. The van der Waals surface area contributed by atoms with Crippen LogP contribution in [0.15, 0.2) is 36.5 Å². The van der Waals surface area contributed by atoms with Gasteiger partial charge in [-0.25, -0.2) is 5.06 Å². The Morgan fingerprint density at radius 1 is 1.29 bits per heavy atom. The van der Waals surface area contributed by atoms with Crippen molar-refractivity contribution in [2.45, 2.75) is 6.42 Å². The third kappa shape index (κ3) is 1.76. The van der Waals surface area contributed by atoms with E-state index in [0.717, 1.165) is 17.2 Å². The normalized spacial score (nSPS) is 15.4. The summed E-state index contributed by atoms with van der Waals surface area (Å²) < 4.78 is 0. The minimum absolute atomic E-state index is 0.153. The molecule has 1 aliphatic rings. The lowest BCUT2D eigenvalue weighted by Crippen LogP contribution is -2.27. The molecule has 1 aromatic heterocycles. The Bertz CT molecular complexity index is 557. The van der Waals surface area contributed by atoms with Crippen LogP contribution in [0.4, 0.5) is 0 Å². The van der Waals surface area contributed by atoms with Crippen molar-refractivity contribution in [3.8, 4) is 0 Å². The standard InChI is InChI=1S/C13H12N2O2/c16-13(15-8-3-9-17-15)12-11-5-2-1-4-10(11)6-7-14-12/h1-2,4-7H,3,8-9H2. The van der Waals surface area contributed by atoms with E-state index in [1.807, 2.05) is 30.3 Å². The minimum atomic E-state index is -0.153. The van der Waals surface area contributed by atoms with Gasteiger partial charge in [0.2, 0.25) is 0 Å². The van der Waals surface area contributed by atoms with Crippen molar-refractivity contribution in [1.82, 2.24) is 10.0 Å². The van der Waals surface area contributed by atoms with Crippen molar-refractivity contribution in [2.75, 3.05) is 13.2 Å². The van der Waals surface area contributed by atoms with Gasteiger partial charge in [0.05, 0.1) is 13.2 Å². The maximum Gasteiger partial charge on any atom is 0.296 e. The zero-order valence-corrected chi connectivity index (χ0v) is 9.30. The number of hydroxylamine groups is 2. The minimum Gasteiger partial charge on any atom is -0.271 e. The second kappa shape index (κ2) is 4.14. The molecule has 0 radical (unpaired) electrons. The van der Waals surface area contributed by atoms with Crippen molar-refractivity contribution in [1.29, 1.82) is 0 Å². The van der Waals surface area contributed by atoms with Crippen LogP contribution in [0, 0.1) is 0 Å². The van der Waals surface area contributed by atoms with E-state index in [9.17, 15) is 4.79 Å². The second-order valence-corrected chi connectivity index (χ2v) is 3.97. The molecule has 1 saturated heterocycles. The molecule has 0 N–H and O–H groups in total. The lowest BCUT2D eigenvalue weighted by Gasteiger charge is -2.14. The fraction of sp³-hybridized carbons (Fsp3) is 0.231. The van der Waals surface area contributed by atoms with Gasteiger partial charge in [-0.05, 0) is 17.9 Å². The average molecular weight is 228 g/mol. The highest BCUT2D eigenvalue weighted by molar-refractivity contribution is 6.04. The molecule has 2 heterocycles. The lowest BCUT2D eigenvalue weighted by molar-refractivity contribution is -0.0770. The topological polar surface area (TPSA) is 42.4 Å². The number of carbonyl (C=O) groups excluding carboxylic acids is 1. The van der Waals surface area contributed by atoms with E-state index in [-0.39, 0.29) is 5.91 Å². The van der Waals surface area contributed by atoms with Gasteiger partial charge in [0.25, 0.3) is 5.91 Å². The van der Waals surface area contributed by atoms with Gasteiger partial charge in [-0.15, -0.1) is 0 Å². The molecule has 0 atom stereocenters.